The van der Waals surface area contributed by atoms with Crippen molar-refractivity contribution in [2.45, 2.75) is 103 Å². The standard InChI is InChI=1S/C24H42N2O6Si2/c1-23(2,3)33(7,8)30-16-19-18(32-34(9,10)24(4,5)6)14-20(31-19)26-15-17(12-11-13-27)21(28)25-22(26)29/h15,18-20,27H,13-14,16H2,1-10H3,(H,25,28,29). The maximum atomic E-state index is 12.6. The van der Waals surface area contributed by atoms with Gasteiger partial charge in [0.2, 0.25) is 0 Å². The van der Waals surface area contributed by atoms with Crippen LogP contribution < -0.4 is 11.2 Å². The molecule has 0 bridgehead atoms. The molecule has 1 aliphatic rings. The van der Waals surface area contributed by atoms with Crippen LogP contribution in [0.5, 0.6) is 0 Å². The Morgan fingerprint density at radius 2 is 1.71 bits per heavy atom. The molecule has 8 nitrogen and oxygen atoms in total. The summed E-state index contributed by atoms with van der Waals surface area (Å²) < 4.78 is 20.9. The summed E-state index contributed by atoms with van der Waals surface area (Å²) in [5.74, 6) is 5.05. The molecule has 1 aliphatic heterocycles. The molecular weight excluding hydrogens is 468 g/mol. The van der Waals surface area contributed by atoms with Gasteiger partial charge in [0.25, 0.3) is 5.56 Å². The van der Waals surface area contributed by atoms with Crippen molar-refractivity contribution in [3.05, 3.63) is 32.6 Å². The maximum Gasteiger partial charge on any atom is 0.330 e. The number of nitrogens with zero attached hydrogens (tertiary/aromatic N) is 1. The van der Waals surface area contributed by atoms with Gasteiger partial charge in [-0.05, 0) is 36.3 Å². The lowest BCUT2D eigenvalue weighted by atomic mass is 10.2. The summed E-state index contributed by atoms with van der Waals surface area (Å²) in [6.45, 7) is 21.9. The highest BCUT2D eigenvalue weighted by Gasteiger charge is 2.46. The number of hydrogen-bond donors (Lipinski definition) is 2. The molecule has 3 atom stereocenters. The van der Waals surface area contributed by atoms with Gasteiger partial charge in [0.1, 0.15) is 24.5 Å². The van der Waals surface area contributed by atoms with Crippen molar-refractivity contribution in [3.8, 4) is 11.8 Å². The predicted octanol–water partition coefficient (Wildman–Crippen LogP) is 3.58. The van der Waals surface area contributed by atoms with Crippen molar-refractivity contribution in [1.29, 1.82) is 0 Å². The Labute approximate surface area is 205 Å². The van der Waals surface area contributed by atoms with Crippen molar-refractivity contribution in [1.82, 2.24) is 9.55 Å². The Bertz CT molecular complexity index is 1040. The molecule has 1 fully saturated rings. The Hall–Kier alpha value is -1.49. The number of rotatable bonds is 6. The van der Waals surface area contributed by atoms with E-state index in [4.69, 9.17) is 18.7 Å². The van der Waals surface area contributed by atoms with Gasteiger partial charge < -0.3 is 18.7 Å². The third kappa shape index (κ3) is 6.59. The van der Waals surface area contributed by atoms with Gasteiger partial charge in [0.05, 0.1) is 12.7 Å². The molecule has 2 N–H and O–H groups in total. The van der Waals surface area contributed by atoms with Crippen LogP contribution in [0.2, 0.25) is 36.3 Å². The Balaban J connectivity index is 2.39. The SMILES string of the molecule is CC(C)(C)[Si](C)(C)OCC1OC(n2cc(C#CCO)c(=O)[nH]c2=O)CC1O[Si](C)(C)C(C)(C)C. The van der Waals surface area contributed by atoms with E-state index in [0.717, 1.165) is 0 Å². The molecular formula is C24H42N2O6Si2. The number of aromatic amines is 1. The maximum absolute atomic E-state index is 12.6. The minimum Gasteiger partial charge on any atom is -0.414 e. The van der Waals surface area contributed by atoms with Crippen molar-refractivity contribution < 1.29 is 18.7 Å². The molecule has 10 heteroatoms. The summed E-state index contributed by atoms with van der Waals surface area (Å²) in [6, 6.07) is 0. The second-order valence-electron chi connectivity index (χ2n) is 12.0. The van der Waals surface area contributed by atoms with Gasteiger partial charge in [-0.25, -0.2) is 4.79 Å². The third-order valence-electron chi connectivity index (χ3n) is 7.43. The molecule has 1 saturated heterocycles. The van der Waals surface area contributed by atoms with Gasteiger partial charge in [-0.1, -0.05) is 53.4 Å². The molecule has 1 aromatic heterocycles. The summed E-state index contributed by atoms with van der Waals surface area (Å²) in [4.78, 5) is 27.1. The molecule has 2 rings (SSSR count). The van der Waals surface area contributed by atoms with Crippen LogP contribution in [0.1, 0.15) is 59.8 Å². The van der Waals surface area contributed by atoms with E-state index in [-0.39, 0.29) is 34.5 Å². The smallest absolute Gasteiger partial charge is 0.330 e. The van der Waals surface area contributed by atoms with Crippen LogP contribution in [0.4, 0.5) is 0 Å². The number of aliphatic hydroxyl groups excluding tert-OH is 1. The van der Waals surface area contributed by atoms with Crippen molar-refractivity contribution in [2.75, 3.05) is 13.2 Å². The van der Waals surface area contributed by atoms with E-state index >= 15 is 0 Å². The van der Waals surface area contributed by atoms with Crippen LogP contribution in [-0.2, 0) is 13.6 Å². The van der Waals surface area contributed by atoms with E-state index in [1.165, 1.54) is 10.8 Å². The molecule has 0 saturated carbocycles. The fourth-order valence-electron chi connectivity index (χ4n) is 3.13. The highest BCUT2D eigenvalue weighted by molar-refractivity contribution is 6.74. The molecule has 0 amide bonds. The summed E-state index contributed by atoms with van der Waals surface area (Å²) in [7, 11) is -4.15. The molecule has 1 aromatic rings. The van der Waals surface area contributed by atoms with E-state index < -0.39 is 34.1 Å². The predicted molar refractivity (Wildman–Crippen MR) is 139 cm³/mol. The normalized spacial score (nSPS) is 21.9. The van der Waals surface area contributed by atoms with E-state index in [2.05, 4.69) is 84.6 Å². The van der Waals surface area contributed by atoms with E-state index in [0.29, 0.717) is 13.0 Å². The topological polar surface area (TPSA) is 103 Å². The van der Waals surface area contributed by atoms with Gasteiger partial charge in [0, 0.05) is 12.6 Å². The first-order valence-corrected chi connectivity index (χ1v) is 17.6. The van der Waals surface area contributed by atoms with Crippen LogP contribution >= 0.6 is 0 Å². The number of nitrogens with one attached hydrogen (secondary N) is 1. The first-order chi connectivity index (χ1) is 15.4. The molecule has 34 heavy (non-hydrogen) atoms. The number of aliphatic hydroxyl groups is 1. The largest absolute Gasteiger partial charge is 0.414 e. The zero-order valence-corrected chi connectivity index (χ0v) is 24.4. The van der Waals surface area contributed by atoms with Gasteiger partial charge >= 0.3 is 5.69 Å². The molecule has 0 spiro atoms. The molecule has 0 radical (unpaired) electrons. The average molecular weight is 511 g/mol. The molecule has 0 aromatic carbocycles. The van der Waals surface area contributed by atoms with E-state index in [1.54, 1.807) is 0 Å². The van der Waals surface area contributed by atoms with Crippen LogP contribution in [0.25, 0.3) is 0 Å². The number of H-pyrrole nitrogens is 1. The van der Waals surface area contributed by atoms with Crippen molar-refractivity contribution in [3.63, 3.8) is 0 Å². The van der Waals surface area contributed by atoms with Crippen LogP contribution in [-0.4, -0.2) is 56.7 Å². The highest BCUT2D eigenvalue weighted by Crippen LogP contribution is 2.42. The van der Waals surface area contributed by atoms with Gasteiger partial charge in [0.15, 0.2) is 16.6 Å². The minimum absolute atomic E-state index is 0.0117. The Kier molecular flexibility index (Phi) is 8.66. The Morgan fingerprint density at radius 3 is 2.24 bits per heavy atom. The van der Waals surface area contributed by atoms with E-state index in [1.807, 2.05) is 0 Å². The van der Waals surface area contributed by atoms with Gasteiger partial charge in [-0.15, -0.1) is 0 Å². The molecule has 3 unspecified atom stereocenters. The lowest BCUT2D eigenvalue weighted by Crippen LogP contribution is -2.48. The van der Waals surface area contributed by atoms with Crippen molar-refractivity contribution in [2.24, 2.45) is 0 Å². The minimum atomic E-state index is -2.12. The zero-order chi connectivity index (χ0) is 26.1. The second kappa shape index (κ2) is 10.2. The van der Waals surface area contributed by atoms with Crippen LogP contribution in [0, 0.1) is 11.8 Å². The first kappa shape index (κ1) is 28.7. The fraction of sp³-hybridized carbons (Fsp3) is 0.750. The van der Waals surface area contributed by atoms with Crippen LogP contribution in [0.15, 0.2) is 15.8 Å². The number of ether oxygens (including phenoxy) is 1. The lowest BCUT2D eigenvalue weighted by molar-refractivity contribution is -0.0412. The number of hydrogen-bond acceptors (Lipinski definition) is 6. The summed E-state index contributed by atoms with van der Waals surface area (Å²) >= 11 is 0. The second-order valence-corrected chi connectivity index (χ2v) is 21.6. The number of aromatic nitrogens is 2. The zero-order valence-electron chi connectivity index (χ0n) is 22.4. The fourth-order valence-corrected chi connectivity index (χ4v) is 5.50. The summed E-state index contributed by atoms with van der Waals surface area (Å²) in [6.07, 6.45) is 0.633. The molecule has 192 valence electrons. The first-order valence-electron chi connectivity index (χ1n) is 11.8. The lowest BCUT2D eigenvalue weighted by Gasteiger charge is -2.40. The van der Waals surface area contributed by atoms with Gasteiger partial charge in [-0.2, -0.15) is 0 Å². The summed E-state index contributed by atoms with van der Waals surface area (Å²) in [5, 5.41) is 9.04. The summed E-state index contributed by atoms with van der Waals surface area (Å²) in [5.41, 5.74) is -1.06. The van der Waals surface area contributed by atoms with Crippen molar-refractivity contribution >= 4 is 16.6 Å². The van der Waals surface area contributed by atoms with Crippen LogP contribution in [0.3, 0.4) is 0 Å². The highest BCUT2D eigenvalue weighted by atomic mass is 28.4. The molecule has 2 heterocycles. The molecule has 0 aliphatic carbocycles. The monoisotopic (exact) mass is 510 g/mol. The third-order valence-corrected chi connectivity index (χ3v) is 16.4. The average Bonchev–Trinajstić information content (AvgIpc) is 3.05. The quantitative estimate of drug-likeness (QED) is 0.448. The van der Waals surface area contributed by atoms with Gasteiger partial charge in [-0.3, -0.25) is 14.3 Å². The Morgan fingerprint density at radius 1 is 1.12 bits per heavy atom. The van der Waals surface area contributed by atoms with E-state index in [9.17, 15) is 9.59 Å².